The Bertz CT molecular complexity index is 764. The van der Waals surface area contributed by atoms with Crippen molar-refractivity contribution < 1.29 is 0 Å². The van der Waals surface area contributed by atoms with Crippen LogP contribution in [0.15, 0.2) is 53.0 Å². The molecule has 2 nitrogen and oxygen atoms in total. The van der Waals surface area contributed by atoms with E-state index in [1.54, 1.807) is 0 Å². The highest BCUT2D eigenvalue weighted by molar-refractivity contribution is 9.10. The number of benzene rings is 2. The third kappa shape index (κ3) is 2.54. The van der Waals surface area contributed by atoms with E-state index in [2.05, 4.69) is 69.6 Å². The van der Waals surface area contributed by atoms with Gasteiger partial charge < -0.3 is 5.32 Å². The van der Waals surface area contributed by atoms with Gasteiger partial charge >= 0.3 is 0 Å². The summed E-state index contributed by atoms with van der Waals surface area (Å²) in [5, 5.41) is 4.63. The van der Waals surface area contributed by atoms with Crippen molar-refractivity contribution in [2.45, 2.75) is 13.8 Å². The fourth-order valence-electron chi connectivity index (χ4n) is 2.31. The van der Waals surface area contributed by atoms with Gasteiger partial charge in [0.25, 0.3) is 0 Å². The highest BCUT2D eigenvalue weighted by Gasteiger charge is 2.06. The molecular weight excluding hydrogens is 312 g/mol. The monoisotopic (exact) mass is 326 g/mol. The zero-order valence-corrected chi connectivity index (χ0v) is 13.0. The lowest BCUT2D eigenvalue weighted by molar-refractivity contribution is 1.24. The normalized spacial score (nSPS) is 10.8. The molecule has 1 heterocycles. The number of halogens is 1. The lowest BCUT2D eigenvalue weighted by Gasteiger charge is -2.12. The van der Waals surface area contributed by atoms with Gasteiger partial charge in [-0.15, -0.1) is 0 Å². The van der Waals surface area contributed by atoms with Crippen LogP contribution in [-0.2, 0) is 0 Å². The van der Waals surface area contributed by atoms with Gasteiger partial charge in [-0.1, -0.05) is 34.1 Å². The van der Waals surface area contributed by atoms with Gasteiger partial charge in [-0.2, -0.15) is 0 Å². The molecule has 100 valence electrons. The van der Waals surface area contributed by atoms with E-state index in [0.717, 1.165) is 32.4 Å². The van der Waals surface area contributed by atoms with E-state index in [-0.39, 0.29) is 0 Å². The molecule has 1 aromatic heterocycles. The van der Waals surface area contributed by atoms with Crippen molar-refractivity contribution in [3.05, 3.63) is 64.3 Å². The number of nitrogens with zero attached hydrogens (tertiary/aromatic N) is 1. The summed E-state index contributed by atoms with van der Waals surface area (Å²) in [7, 11) is 0. The Hall–Kier alpha value is -1.87. The zero-order valence-electron chi connectivity index (χ0n) is 11.4. The molecule has 3 aromatic rings. The topological polar surface area (TPSA) is 24.9 Å². The molecule has 3 heteroatoms. The van der Waals surface area contributed by atoms with Gasteiger partial charge in [-0.25, -0.2) is 0 Å². The molecule has 0 saturated heterocycles. The van der Waals surface area contributed by atoms with Crippen LogP contribution >= 0.6 is 15.9 Å². The predicted octanol–water partition coefficient (Wildman–Crippen LogP) is 5.36. The lowest BCUT2D eigenvalue weighted by atomic mass is 10.1. The Morgan fingerprint density at radius 1 is 1.00 bits per heavy atom. The summed E-state index contributed by atoms with van der Waals surface area (Å²) in [5.41, 5.74) is 5.45. The van der Waals surface area contributed by atoms with E-state index >= 15 is 0 Å². The van der Waals surface area contributed by atoms with Crippen molar-refractivity contribution in [2.24, 2.45) is 0 Å². The van der Waals surface area contributed by atoms with Crippen molar-refractivity contribution in [2.75, 3.05) is 5.32 Å². The summed E-state index contributed by atoms with van der Waals surface area (Å²) >= 11 is 3.45. The number of hydrogen-bond acceptors (Lipinski definition) is 2. The summed E-state index contributed by atoms with van der Waals surface area (Å²) in [6.45, 7) is 4.12. The average Bonchev–Trinajstić information content (AvgIpc) is 2.42. The first-order chi connectivity index (χ1) is 9.63. The maximum absolute atomic E-state index is 4.64. The Morgan fingerprint density at radius 3 is 2.50 bits per heavy atom. The maximum Gasteiger partial charge on any atom is 0.0755 e. The van der Waals surface area contributed by atoms with Crippen molar-refractivity contribution in [1.29, 1.82) is 0 Å². The summed E-state index contributed by atoms with van der Waals surface area (Å²) in [6.07, 6.45) is 0. The highest BCUT2D eigenvalue weighted by atomic mass is 79.9. The smallest absolute Gasteiger partial charge is 0.0755 e. The summed E-state index contributed by atoms with van der Waals surface area (Å²) in [5.74, 6) is 0. The number of rotatable bonds is 2. The Kier molecular flexibility index (Phi) is 3.45. The second kappa shape index (κ2) is 5.25. The standard InChI is InChI=1S/C17H15BrN2/c1-11-4-3-5-15-16(10-12(2)19-17(11)15)20-14-8-6-13(18)7-9-14/h3-10H,1-2H3,(H,19,20). The van der Waals surface area contributed by atoms with Crippen molar-refractivity contribution >= 4 is 38.2 Å². The summed E-state index contributed by atoms with van der Waals surface area (Å²) in [6, 6.07) is 16.5. The second-order valence-corrected chi connectivity index (χ2v) is 5.83. The summed E-state index contributed by atoms with van der Waals surface area (Å²) in [4.78, 5) is 4.64. The van der Waals surface area contributed by atoms with Gasteiger partial charge in [0, 0.05) is 26.9 Å². The number of aryl methyl sites for hydroxylation is 2. The molecule has 0 saturated carbocycles. The first kappa shape index (κ1) is 13.1. The molecule has 0 amide bonds. The fourth-order valence-corrected chi connectivity index (χ4v) is 2.58. The molecule has 20 heavy (non-hydrogen) atoms. The molecule has 0 aliphatic carbocycles. The zero-order chi connectivity index (χ0) is 14.1. The van der Waals surface area contributed by atoms with E-state index < -0.39 is 0 Å². The van der Waals surface area contributed by atoms with Crippen LogP contribution < -0.4 is 5.32 Å². The minimum absolute atomic E-state index is 1.02. The van der Waals surface area contributed by atoms with Gasteiger partial charge in [0.15, 0.2) is 0 Å². The number of para-hydroxylation sites is 1. The fraction of sp³-hybridized carbons (Fsp3) is 0.118. The number of fused-ring (bicyclic) bond motifs is 1. The highest BCUT2D eigenvalue weighted by Crippen LogP contribution is 2.28. The second-order valence-electron chi connectivity index (χ2n) is 4.91. The Balaban J connectivity index is 2.11. The molecule has 0 aliphatic heterocycles. The van der Waals surface area contributed by atoms with Crippen LogP contribution in [0.3, 0.4) is 0 Å². The molecule has 2 aromatic carbocycles. The Morgan fingerprint density at radius 2 is 1.75 bits per heavy atom. The van der Waals surface area contributed by atoms with Gasteiger partial charge in [0.1, 0.15) is 0 Å². The maximum atomic E-state index is 4.64. The molecule has 0 atom stereocenters. The Labute approximate surface area is 127 Å². The van der Waals surface area contributed by atoms with Crippen LogP contribution in [0.1, 0.15) is 11.3 Å². The van der Waals surface area contributed by atoms with Gasteiger partial charge in [-0.3, -0.25) is 4.98 Å². The molecule has 0 radical (unpaired) electrons. The molecule has 0 spiro atoms. The quantitative estimate of drug-likeness (QED) is 0.685. The average molecular weight is 327 g/mol. The number of nitrogens with one attached hydrogen (secondary N) is 1. The number of anilines is 2. The van der Waals surface area contributed by atoms with Crippen LogP contribution in [0.2, 0.25) is 0 Å². The predicted molar refractivity (Wildman–Crippen MR) is 88.6 cm³/mol. The minimum Gasteiger partial charge on any atom is -0.355 e. The number of aromatic nitrogens is 1. The van der Waals surface area contributed by atoms with E-state index in [1.165, 1.54) is 5.56 Å². The SMILES string of the molecule is Cc1cc(Nc2ccc(Br)cc2)c2cccc(C)c2n1. The van der Waals surface area contributed by atoms with Crippen LogP contribution in [0.5, 0.6) is 0 Å². The first-order valence-corrected chi connectivity index (χ1v) is 7.32. The third-order valence-electron chi connectivity index (χ3n) is 3.29. The van der Waals surface area contributed by atoms with Crippen LogP contribution in [0.25, 0.3) is 10.9 Å². The van der Waals surface area contributed by atoms with Crippen LogP contribution in [0.4, 0.5) is 11.4 Å². The van der Waals surface area contributed by atoms with E-state index in [4.69, 9.17) is 0 Å². The molecule has 3 rings (SSSR count). The van der Waals surface area contributed by atoms with Gasteiger partial charge in [0.2, 0.25) is 0 Å². The van der Waals surface area contributed by atoms with E-state index in [0.29, 0.717) is 0 Å². The van der Waals surface area contributed by atoms with Gasteiger partial charge in [0.05, 0.1) is 5.52 Å². The molecule has 0 bridgehead atoms. The van der Waals surface area contributed by atoms with Crippen LogP contribution in [0, 0.1) is 13.8 Å². The first-order valence-electron chi connectivity index (χ1n) is 6.53. The number of hydrogen-bond donors (Lipinski definition) is 1. The molecule has 0 unspecified atom stereocenters. The molecule has 0 fully saturated rings. The van der Waals surface area contributed by atoms with Crippen molar-refractivity contribution in [3.63, 3.8) is 0 Å². The van der Waals surface area contributed by atoms with E-state index in [1.807, 2.05) is 19.1 Å². The summed E-state index contributed by atoms with van der Waals surface area (Å²) < 4.78 is 1.08. The lowest BCUT2D eigenvalue weighted by Crippen LogP contribution is -1.95. The molecular formula is C17H15BrN2. The number of pyridine rings is 1. The van der Waals surface area contributed by atoms with E-state index in [9.17, 15) is 0 Å². The molecule has 0 aliphatic rings. The molecule has 1 N–H and O–H groups in total. The van der Waals surface area contributed by atoms with Crippen molar-refractivity contribution in [3.8, 4) is 0 Å². The van der Waals surface area contributed by atoms with Crippen LogP contribution in [-0.4, -0.2) is 4.98 Å². The third-order valence-corrected chi connectivity index (χ3v) is 3.82. The largest absolute Gasteiger partial charge is 0.355 e. The minimum atomic E-state index is 1.02. The van der Waals surface area contributed by atoms with Gasteiger partial charge in [-0.05, 0) is 49.7 Å². The van der Waals surface area contributed by atoms with Crippen molar-refractivity contribution in [1.82, 2.24) is 4.98 Å².